The number of fused-ring (bicyclic) bond motifs is 8. The highest BCUT2D eigenvalue weighted by molar-refractivity contribution is 5.94. The average molecular weight is 691 g/mol. The largest absolute Gasteiger partial charge is 0.377 e. The van der Waals surface area contributed by atoms with Crippen LogP contribution < -0.4 is 0 Å². The number of nitrogens with zero attached hydrogens (tertiary/aromatic N) is 4. The molecule has 5 aromatic rings. The van der Waals surface area contributed by atoms with Crippen molar-refractivity contribution in [3.8, 4) is 22.5 Å². The van der Waals surface area contributed by atoms with Gasteiger partial charge in [-0.2, -0.15) is 0 Å². The van der Waals surface area contributed by atoms with E-state index in [0.29, 0.717) is 32.0 Å². The molecule has 7 rings (SSSR count). The fourth-order valence-electron chi connectivity index (χ4n) is 6.80. The summed E-state index contributed by atoms with van der Waals surface area (Å²) in [6.07, 6.45) is 19.6. The molecule has 9 nitrogen and oxygen atoms in total. The second-order valence-corrected chi connectivity index (χ2v) is 12.7. The summed E-state index contributed by atoms with van der Waals surface area (Å²) in [5, 5.41) is 0. The fraction of sp³-hybridized carbons (Fsp3) is 0.209. The van der Waals surface area contributed by atoms with E-state index in [2.05, 4.69) is 71.7 Å². The molecule has 2 N–H and O–H groups in total. The molecule has 1 aromatic carbocycles. The number of aldehydes is 1. The van der Waals surface area contributed by atoms with Gasteiger partial charge in [0.05, 0.1) is 47.1 Å². The normalized spacial score (nSPS) is 12.0. The Kier molecular flexibility index (Phi) is 10.6. The van der Waals surface area contributed by atoms with E-state index in [1.54, 1.807) is 12.2 Å². The lowest BCUT2D eigenvalue weighted by Gasteiger charge is -2.07. The number of carbonyl (C=O) groups is 1. The van der Waals surface area contributed by atoms with Crippen molar-refractivity contribution >= 4 is 52.7 Å². The van der Waals surface area contributed by atoms with Gasteiger partial charge in [-0.1, -0.05) is 30.4 Å². The number of aromatic nitrogens is 6. The summed E-state index contributed by atoms with van der Waals surface area (Å²) in [5.74, 6) is 0.811. The number of H-pyrrole nitrogens is 2. The van der Waals surface area contributed by atoms with Gasteiger partial charge in [0.2, 0.25) is 0 Å². The molecule has 0 atom stereocenters. The molecular formula is C43H42N6O3. The average Bonchev–Trinajstić information content (AvgIpc) is 4.02. The van der Waals surface area contributed by atoms with Crippen molar-refractivity contribution < 1.29 is 14.3 Å². The number of nitrogens with one attached hydrogen (secondary N) is 2. The second-order valence-electron chi connectivity index (χ2n) is 12.7. The minimum atomic E-state index is 0.510. The van der Waals surface area contributed by atoms with Crippen molar-refractivity contribution in [3.63, 3.8) is 0 Å². The first-order valence-electron chi connectivity index (χ1n) is 17.6. The van der Waals surface area contributed by atoms with Crippen LogP contribution in [-0.2, 0) is 29.4 Å². The predicted octanol–water partition coefficient (Wildman–Crippen LogP) is 8.81. The number of hydrogen-bond acceptors (Lipinski definition) is 6. The lowest BCUT2D eigenvalue weighted by atomic mass is 10.0. The number of imidazole rings is 1. The standard InChI is InChI=1S/C43H42N6O3/c1-4-23-51-25-7-11-31-33-13-17-37(45-33)41(30-10-6-9-29(27-30)28-50)38-18-14-34(46-38)32(12-8-26-52-24-5-2)36-16-20-40(48-36)42(39-19-15-35(31)47-39)43-44-21-22-49(43)3/h4-6,9-10,13-22,27-28,45,48H,1-2,7-8,11-12,23-26H2,3H3. The van der Waals surface area contributed by atoms with E-state index in [1.807, 2.05) is 48.3 Å². The second kappa shape index (κ2) is 16.0. The highest BCUT2D eigenvalue weighted by Gasteiger charge is 2.19. The molecule has 262 valence electrons. The van der Waals surface area contributed by atoms with E-state index < -0.39 is 0 Å². The van der Waals surface area contributed by atoms with Gasteiger partial charge in [-0.3, -0.25) is 4.79 Å². The van der Waals surface area contributed by atoms with Crippen LogP contribution in [0.25, 0.3) is 68.9 Å². The van der Waals surface area contributed by atoms with Gasteiger partial charge >= 0.3 is 0 Å². The maximum atomic E-state index is 11.9. The van der Waals surface area contributed by atoms with E-state index >= 15 is 0 Å². The van der Waals surface area contributed by atoms with Crippen LogP contribution in [0.15, 0.2) is 86.2 Å². The third-order valence-electron chi connectivity index (χ3n) is 9.23. The molecule has 2 aliphatic rings. The van der Waals surface area contributed by atoms with Gasteiger partial charge in [-0.05, 0) is 85.9 Å². The van der Waals surface area contributed by atoms with Crippen molar-refractivity contribution in [2.24, 2.45) is 7.05 Å². The molecule has 4 aromatic heterocycles. The molecule has 6 heterocycles. The van der Waals surface area contributed by atoms with Gasteiger partial charge in [0.1, 0.15) is 12.1 Å². The zero-order valence-electron chi connectivity index (χ0n) is 29.4. The summed E-state index contributed by atoms with van der Waals surface area (Å²) in [5.41, 5.74) is 12.6. The first kappa shape index (κ1) is 34.5. The predicted molar refractivity (Wildman–Crippen MR) is 211 cm³/mol. The van der Waals surface area contributed by atoms with E-state index in [0.717, 1.165) is 110 Å². The van der Waals surface area contributed by atoms with E-state index in [1.165, 1.54) is 0 Å². The number of carbonyl (C=O) groups excluding carboxylic acids is 1. The topological polar surface area (TPSA) is 111 Å². The van der Waals surface area contributed by atoms with Crippen molar-refractivity contribution in [3.05, 3.63) is 126 Å². The molecule has 9 heteroatoms. The maximum Gasteiger partial charge on any atom is 0.150 e. The molecule has 0 aliphatic carbocycles. The van der Waals surface area contributed by atoms with Gasteiger partial charge in [0.25, 0.3) is 0 Å². The van der Waals surface area contributed by atoms with E-state index in [-0.39, 0.29) is 0 Å². The third-order valence-corrected chi connectivity index (χ3v) is 9.23. The number of aromatic amines is 2. The summed E-state index contributed by atoms with van der Waals surface area (Å²) in [6.45, 7) is 9.77. The zero-order chi connectivity index (χ0) is 35.9. The van der Waals surface area contributed by atoms with Crippen LogP contribution >= 0.6 is 0 Å². The quantitative estimate of drug-likeness (QED) is 0.0632. The minimum Gasteiger partial charge on any atom is -0.377 e. The Morgan fingerprint density at radius 1 is 0.731 bits per heavy atom. The molecule has 0 saturated carbocycles. The Labute approximate surface area is 303 Å². The molecule has 8 bridgehead atoms. The smallest absolute Gasteiger partial charge is 0.150 e. The summed E-state index contributed by atoms with van der Waals surface area (Å²) in [6, 6.07) is 16.1. The number of aryl methyl sites for hydroxylation is 3. The van der Waals surface area contributed by atoms with Crippen LogP contribution in [0.5, 0.6) is 0 Å². The molecule has 0 amide bonds. The number of ether oxygens (including phenoxy) is 2. The minimum absolute atomic E-state index is 0.510. The third kappa shape index (κ3) is 7.28. The van der Waals surface area contributed by atoms with Gasteiger partial charge in [-0.15, -0.1) is 13.2 Å². The summed E-state index contributed by atoms with van der Waals surface area (Å²) in [7, 11) is 2.00. The molecule has 0 spiro atoms. The molecule has 0 unspecified atom stereocenters. The number of benzene rings is 1. The Morgan fingerprint density at radius 2 is 1.29 bits per heavy atom. The lowest BCUT2D eigenvalue weighted by Crippen LogP contribution is -1.99. The van der Waals surface area contributed by atoms with Crippen LogP contribution in [0.2, 0.25) is 0 Å². The van der Waals surface area contributed by atoms with E-state index in [9.17, 15) is 4.79 Å². The molecule has 0 fully saturated rings. The summed E-state index contributed by atoms with van der Waals surface area (Å²) >= 11 is 0. The molecular weight excluding hydrogens is 649 g/mol. The highest BCUT2D eigenvalue weighted by atomic mass is 16.5. The highest BCUT2D eigenvalue weighted by Crippen LogP contribution is 2.34. The van der Waals surface area contributed by atoms with Gasteiger partial charge in [0.15, 0.2) is 0 Å². The molecule has 2 aliphatic heterocycles. The van der Waals surface area contributed by atoms with Crippen LogP contribution in [0.3, 0.4) is 0 Å². The van der Waals surface area contributed by atoms with Crippen LogP contribution in [0.4, 0.5) is 0 Å². The molecule has 0 radical (unpaired) electrons. The Morgan fingerprint density at radius 3 is 1.85 bits per heavy atom. The van der Waals surface area contributed by atoms with Crippen LogP contribution in [0, 0.1) is 0 Å². The molecule has 0 saturated heterocycles. The number of rotatable bonds is 15. The van der Waals surface area contributed by atoms with Crippen molar-refractivity contribution in [1.29, 1.82) is 0 Å². The van der Waals surface area contributed by atoms with Crippen molar-refractivity contribution in [2.45, 2.75) is 25.7 Å². The van der Waals surface area contributed by atoms with Crippen molar-refractivity contribution in [2.75, 3.05) is 26.4 Å². The fourth-order valence-corrected chi connectivity index (χ4v) is 6.80. The summed E-state index contributed by atoms with van der Waals surface area (Å²) < 4.78 is 13.5. The Bertz CT molecular complexity index is 2340. The first-order valence-corrected chi connectivity index (χ1v) is 17.6. The monoisotopic (exact) mass is 690 g/mol. The van der Waals surface area contributed by atoms with Crippen LogP contribution in [0.1, 0.15) is 57.1 Å². The first-order chi connectivity index (χ1) is 25.6. The van der Waals surface area contributed by atoms with Gasteiger partial charge < -0.3 is 24.0 Å². The Balaban J connectivity index is 1.54. The van der Waals surface area contributed by atoms with Gasteiger partial charge in [-0.25, -0.2) is 15.0 Å². The van der Waals surface area contributed by atoms with Crippen LogP contribution in [-0.4, -0.2) is 62.2 Å². The van der Waals surface area contributed by atoms with E-state index in [4.69, 9.17) is 24.4 Å². The summed E-state index contributed by atoms with van der Waals surface area (Å²) in [4.78, 5) is 34.7. The maximum absolute atomic E-state index is 11.9. The van der Waals surface area contributed by atoms with Crippen molar-refractivity contribution in [1.82, 2.24) is 29.5 Å². The lowest BCUT2D eigenvalue weighted by molar-refractivity contribution is 0.112. The Hall–Kier alpha value is -5.90. The van der Waals surface area contributed by atoms with Gasteiger partial charge in [0, 0.05) is 71.5 Å². The number of hydrogen-bond donors (Lipinski definition) is 2. The SMILES string of the molecule is C=CCOCCCc1c2nc(c(-c3nccn3C)c3ccc([nH]3)c(CCCOCC=C)c3nc(c(-c4cccc(C=O)c4)c4ccc1[nH]4)C=C3)C=C2. The molecule has 52 heavy (non-hydrogen) atoms. The zero-order valence-corrected chi connectivity index (χ0v) is 29.4.